The Labute approximate surface area is 184 Å². The predicted molar refractivity (Wildman–Crippen MR) is 120 cm³/mol. The summed E-state index contributed by atoms with van der Waals surface area (Å²) in [5.41, 5.74) is -1.16. The lowest BCUT2D eigenvalue weighted by atomic mass is 9.91. The molecule has 0 rings (SSSR count). The van der Waals surface area contributed by atoms with Gasteiger partial charge in [-0.25, -0.2) is 0 Å². The van der Waals surface area contributed by atoms with Crippen LogP contribution in [0, 0.1) is 23.7 Å². The first kappa shape index (κ1) is 29.3. The second-order valence-electron chi connectivity index (χ2n) is 8.95. The summed E-state index contributed by atoms with van der Waals surface area (Å²) in [6.07, 6.45) is 3.69. The van der Waals surface area contributed by atoms with Gasteiger partial charge in [-0.15, -0.1) is 0 Å². The zero-order valence-electron chi connectivity index (χ0n) is 20.2. The molecule has 0 aromatic heterocycles. The maximum atomic E-state index is 8.83. The minimum absolute atomic E-state index is 0.0119. The van der Waals surface area contributed by atoms with Crippen LogP contribution in [-0.4, -0.2) is 74.3 Å². The molecule has 0 bridgehead atoms. The Bertz CT molecular complexity index is 430. The van der Waals surface area contributed by atoms with E-state index in [9.17, 15) is 0 Å². The lowest BCUT2D eigenvalue weighted by Crippen LogP contribution is -2.33. The van der Waals surface area contributed by atoms with E-state index >= 15 is 0 Å². The fourth-order valence-corrected chi connectivity index (χ4v) is 2.72. The van der Waals surface area contributed by atoms with E-state index in [0.29, 0.717) is 51.5 Å². The van der Waals surface area contributed by atoms with E-state index in [0.717, 1.165) is 25.7 Å². The van der Waals surface area contributed by atoms with Gasteiger partial charge in [0.05, 0.1) is 52.9 Å². The van der Waals surface area contributed by atoms with Crippen LogP contribution in [0.1, 0.15) is 67.2 Å². The van der Waals surface area contributed by atoms with Gasteiger partial charge in [0, 0.05) is 0 Å². The largest absolute Gasteiger partial charge is 0.394 e. The molecule has 2 N–H and O–H groups in total. The first-order valence-electron chi connectivity index (χ1n) is 11.4. The Balaban J connectivity index is 5.16. The van der Waals surface area contributed by atoms with Crippen molar-refractivity contribution < 1.29 is 29.2 Å². The number of hydrogen-bond donors (Lipinski definition) is 2. The van der Waals surface area contributed by atoms with Crippen LogP contribution in [0.2, 0.25) is 0 Å². The molecule has 2 unspecified atom stereocenters. The summed E-state index contributed by atoms with van der Waals surface area (Å²) in [4.78, 5) is 0. The van der Waals surface area contributed by atoms with Crippen LogP contribution in [0.4, 0.5) is 0 Å². The van der Waals surface area contributed by atoms with E-state index in [2.05, 4.69) is 39.5 Å². The molecule has 0 spiro atoms. The van der Waals surface area contributed by atoms with Crippen LogP contribution in [0.15, 0.2) is 0 Å². The van der Waals surface area contributed by atoms with Crippen LogP contribution < -0.4 is 0 Å². The van der Waals surface area contributed by atoms with Crippen molar-refractivity contribution in [2.24, 2.45) is 11.8 Å². The van der Waals surface area contributed by atoms with Gasteiger partial charge in [0.1, 0.15) is 11.2 Å². The molecular formula is C24H46O6. The average Bonchev–Trinajstić information content (AvgIpc) is 2.69. The number of aliphatic hydroxyl groups excluding tert-OH is 2. The number of ether oxygens (including phenoxy) is 4. The molecule has 0 radical (unpaired) electrons. The fourth-order valence-electron chi connectivity index (χ4n) is 2.72. The molecule has 0 aliphatic rings. The van der Waals surface area contributed by atoms with Gasteiger partial charge in [0.25, 0.3) is 0 Å². The van der Waals surface area contributed by atoms with Crippen molar-refractivity contribution in [3.63, 3.8) is 0 Å². The normalized spacial score (nSPS) is 15.7. The highest BCUT2D eigenvalue weighted by Crippen LogP contribution is 2.24. The van der Waals surface area contributed by atoms with Gasteiger partial charge < -0.3 is 29.2 Å². The van der Waals surface area contributed by atoms with Crippen LogP contribution in [0.25, 0.3) is 0 Å². The van der Waals surface area contributed by atoms with Crippen molar-refractivity contribution in [1.82, 2.24) is 0 Å². The van der Waals surface area contributed by atoms with Gasteiger partial charge in [0.15, 0.2) is 0 Å². The molecule has 0 fully saturated rings. The van der Waals surface area contributed by atoms with Crippen molar-refractivity contribution in [2.45, 2.75) is 78.4 Å². The third-order valence-corrected chi connectivity index (χ3v) is 4.76. The van der Waals surface area contributed by atoms with Crippen LogP contribution in [0.5, 0.6) is 0 Å². The maximum Gasteiger partial charge on any atom is 0.126 e. The van der Waals surface area contributed by atoms with E-state index in [1.54, 1.807) is 0 Å². The highest BCUT2D eigenvalue weighted by molar-refractivity contribution is 5.20. The van der Waals surface area contributed by atoms with E-state index in [1.807, 2.05) is 13.8 Å². The van der Waals surface area contributed by atoms with Crippen molar-refractivity contribution in [3.8, 4) is 11.8 Å². The Morgan fingerprint density at radius 2 is 1.00 bits per heavy atom. The monoisotopic (exact) mass is 430 g/mol. The van der Waals surface area contributed by atoms with E-state index < -0.39 is 11.2 Å². The van der Waals surface area contributed by atoms with Gasteiger partial charge in [-0.3, -0.25) is 0 Å². The zero-order valence-corrected chi connectivity index (χ0v) is 20.2. The molecule has 6 heteroatoms. The molecule has 178 valence electrons. The molecule has 0 saturated heterocycles. The maximum absolute atomic E-state index is 8.83. The highest BCUT2D eigenvalue weighted by Gasteiger charge is 2.27. The molecule has 0 aliphatic carbocycles. The minimum atomic E-state index is -0.581. The lowest BCUT2D eigenvalue weighted by molar-refractivity contribution is -0.0393. The predicted octanol–water partition coefficient (Wildman–Crippen LogP) is 3.43. The standard InChI is InChI=1S/C24H46O6/c1-21(2)7-9-23(5,29-19-17-27-15-13-25)11-12-24(6,10-8-22(3)4)30-20-18-28-16-14-26/h21-22,25-26H,7-10,13-20H2,1-6H3. The van der Waals surface area contributed by atoms with Gasteiger partial charge in [-0.1, -0.05) is 39.5 Å². The third kappa shape index (κ3) is 16.1. The molecule has 0 aromatic carbocycles. The molecule has 0 amide bonds. The summed E-state index contributed by atoms with van der Waals surface area (Å²) in [5.74, 6) is 7.88. The highest BCUT2D eigenvalue weighted by atomic mass is 16.5. The van der Waals surface area contributed by atoms with E-state index in [1.165, 1.54) is 0 Å². The first-order chi connectivity index (χ1) is 14.2. The van der Waals surface area contributed by atoms with Crippen LogP contribution in [0.3, 0.4) is 0 Å². The number of rotatable bonds is 18. The molecule has 0 aliphatic heterocycles. The molecule has 0 saturated carbocycles. The lowest BCUT2D eigenvalue weighted by Gasteiger charge is -2.29. The quantitative estimate of drug-likeness (QED) is 0.256. The Kier molecular flexibility index (Phi) is 16.6. The van der Waals surface area contributed by atoms with E-state index in [4.69, 9.17) is 29.2 Å². The molecule has 0 aromatic rings. The summed E-state index contributed by atoms with van der Waals surface area (Å²) in [6, 6.07) is 0. The molecule has 2 atom stereocenters. The Hall–Kier alpha value is -0.680. The van der Waals surface area contributed by atoms with Gasteiger partial charge in [-0.05, 0) is 51.4 Å². The SMILES string of the molecule is CC(C)CCC(C)(C#CC(C)(CCC(C)C)OCCOCCO)OCCOCCO. The van der Waals surface area contributed by atoms with Crippen molar-refractivity contribution in [2.75, 3.05) is 52.9 Å². The van der Waals surface area contributed by atoms with Gasteiger partial charge >= 0.3 is 0 Å². The zero-order chi connectivity index (χ0) is 22.9. The number of aliphatic hydroxyl groups is 2. The van der Waals surface area contributed by atoms with E-state index in [-0.39, 0.29) is 13.2 Å². The smallest absolute Gasteiger partial charge is 0.126 e. The number of hydrogen-bond acceptors (Lipinski definition) is 6. The Morgan fingerprint density at radius 1 is 0.633 bits per heavy atom. The summed E-state index contributed by atoms with van der Waals surface area (Å²) in [7, 11) is 0. The molecule has 6 nitrogen and oxygen atoms in total. The topological polar surface area (TPSA) is 77.4 Å². The van der Waals surface area contributed by atoms with Crippen LogP contribution in [-0.2, 0) is 18.9 Å². The first-order valence-corrected chi connectivity index (χ1v) is 11.4. The second-order valence-corrected chi connectivity index (χ2v) is 8.95. The fraction of sp³-hybridized carbons (Fsp3) is 0.917. The summed E-state index contributed by atoms with van der Waals surface area (Å²) < 4.78 is 22.9. The van der Waals surface area contributed by atoms with Crippen molar-refractivity contribution >= 4 is 0 Å². The van der Waals surface area contributed by atoms with Crippen molar-refractivity contribution in [1.29, 1.82) is 0 Å². The summed E-state index contributed by atoms with van der Waals surface area (Å²) in [6.45, 7) is 15.2. The third-order valence-electron chi connectivity index (χ3n) is 4.76. The van der Waals surface area contributed by atoms with Gasteiger partial charge in [0.2, 0.25) is 0 Å². The summed E-state index contributed by atoms with van der Waals surface area (Å²) in [5, 5.41) is 17.7. The molecular weight excluding hydrogens is 384 g/mol. The average molecular weight is 431 g/mol. The van der Waals surface area contributed by atoms with Gasteiger partial charge in [-0.2, -0.15) is 0 Å². The molecule has 0 heterocycles. The van der Waals surface area contributed by atoms with Crippen molar-refractivity contribution in [3.05, 3.63) is 0 Å². The summed E-state index contributed by atoms with van der Waals surface area (Å²) >= 11 is 0. The van der Waals surface area contributed by atoms with Crippen LogP contribution >= 0.6 is 0 Å². The minimum Gasteiger partial charge on any atom is -0.394 e. The second kappa shape index (κ2) is 16.9. The Morgan fingerprint density at radius 3 is 1.30 bits per heavy atom. The molecule has 30 heavy (non-hydrogen) atoms.